The smallest absolute Gasteiger partial charge is 0.276 e. The quantitative estimate of drug-likeness (QED) is 0.431. The molecule has 4 aromatic heterocycles. The van der Waals surface area contributed by atoms with Crippen LogP contribution >= 0.6 is 11.3 Å². The molecule has 0 bridgehead atoms. The van der Waals surface area contributed by atoms with Gasteiger partial charge in [-0.3, -0.25) is 14.6 Å². The Bertz CT molecular complexity index is 1520. The molecule has 1 aliphatic heterocycles. The van der Waals surface area contributed by atoms with Gasteiger partial charge in [-0.1, -0.05) is 6.07 Å². The van der Waals surface area contributed by atoms with E-state index in [1.165, 1.54) is 11.3 Å². The van der Waals surface area contributed by atoms with E-state index < -0.39 is 0 Å². The normalized spacial score (nSPS) is 16.2. The highest BCUT2D eigenvalue weighted by Crippen LogP contribution is 2.33. The molecule has 2 N–H and O–H groups in total. The second-order valence-corrected chi connectivity index (χ2v) is 8.76. The van der Waals surface area contributed by atoms with Gasteiger partial charge < -0.3 is 14.9 Å². The lowest BCUT2D eigenvalue weighted by Crippen LogP contribution is -2.30. The molecule has 158 valence electrons. The number of H-pyrrole nitrogens is 2. The Morgan fingerprint density at radius 3 is 2.94 bits per heavy atom. The fraction of sp³-hybridized carbons (Fsp3) is 0.167. The average molecular weight is 442 g/mol. The first kappa shape index (κ1) is 18.9. The van der Waals surface area contributed by atoms with Crippen LogP contribution in [-0.2, 0) is 0 Å². The second kappa shape index (κ2) is 7.42. The van der Waals surface area contributed by atoms with Crippen LogP contribution in [0.5, 0.6) is 0 Å². The van der Waals surface area contributed by atoms with Crippen molar-refractivity contribution in [3.8, 4) is 11.4 Å². The summed E-state index contributed by atoms with van der Waals surface area (Å²) in [6.45, 7) is 0.731. The maximum atomic E-state index is 13.4. The summed E-state index contributed by atoms with van der Waals surface area (Å²) in [4.78, 5) is 42.7. The largest absolute Gasteiger partial charge is 0.353 e. The molecule has 32 heavy (non-hydrogen) atoms. The molecule has 0 radical (unpaired) electrons. The molecule has 1 unspecified atom stereocenters. The van der Waals surface area contributed by atoms with Crippen molar-refractivity contribution in [2.24, 2.45) is 0 Å². The van der Waals surface area contributed by atoms with Crippen molar-refractivity contribution in [1.29, 1.82) is 0 Å². The first-order valence-corrected chi connectivity index (χ1v) is 11.4. The molecule has 7 nitrogen and oxygen atoms in total. The molecule has 1 aromatic carbocycles. The van der Waals surface area contributed by atoms with E-state index in [0.29, 0.717) is 17.0 Å². The number of hydrogen-bond donors (Lipinski definition) is 2. The van der Waals surface area contributed by atoms with Crippen molar-refractivity contribution < 1.29 is 4.79 Å². The molecule has 1 fully saturated rings. The maximum Gasteiger partial charge on any atom is 0.276 e. The van der Waals surface area contributed by atoms with Gasteiger partial charge in [-0.25, -0.2) is 4.98 Å². The van der Waals surface area contributed by atoms with E-state index in [2.05, 4.69) is 19.9 Å². The minimum atomic E-state index is -0.241. The van der Waals surface area contributed by atoms with Crippen molar-refractivity contribution in [3.05, 3.63) is 81.0 Å². The van der Waals surface area contributed by atoms with Crippen molar-refractivity contribution in [1.82, 2.24) is 24.8 Å². The number of likely N-dealkylation sites (tertiary alicyclic amines) is 1. The van der Waals surface area contributed by atoms with Crippen LogP contribution < -0.4 is 5.56 Å². The number of pyridine rings is 1. The highest BCUT2D eigenvalue weighted by Gasteiger charge is 2.30. The molecule has 8 heteroatoms. The topological polar surface area (TPSA) is 94.7 Å². The number of hydrogen-bond acceptors (Lipinski definition) is 5. The Morgan fingerprint density at radius 2 is 2.06 bits per heavy atom. The number of thiophene rings is 1. The monoisotopic (exact) mass is 441 g/mol. The predicted molar refractivity (Wildman–Crippen MR) is 125 cm³/mol. The lowest BCUT2D eigenvalue weighted by Gasteiger charge is -2.25. The number of nitrogens with zero attached hydrogens (tertiary/aromatic N) is 3. The van der Waals surface area contributed by atoms with Gasteiger partial charge in [0.2, 0.25) is 0 Å². The summed E-state index contributed by atoms with van der Waals surface area (Å²) in [7, 11) is 0. The van der Waals surface area contributed by atoms with Crippen molar-refractivity contribution in [3.63, 3.8) is 0 Å². The lowest BCUT2D eigenvalue weighted by molar-refractivity contribution is 0.0735. The molecule has 0 saturated carbocycles. The van der Waals surface area contributed by atoms with Crippen LogP contribution in [0.1, 0.15) is 34.8 Å². The number of nitrogens with one attached hydrogen (secondary N) is 2. The zero-order chi connectivity index (χ0) is 21.7. The minimum Gasteiger partial charge on any atom is -0.353 e. The fourth-order valence-corrected chi connectivity index (χ4v) is 5.19. The highest BCUT2D eigenvalue weighted by molar-refractivity contribution is 7.09. The van der Waals surface area contributed by atoms with Gasteiger partial charge in [-0.2, -0.15) is 0 Å². The zero-order valence-electron chi connectivity index (χ0n) is 17.0. The van der Waals surface area contributed by atoms with Gasteiger partial charge in [0, 0.05) is 46.2 Å². The molecule has 1 amide bonds. The molecule has 5 aromatic rings. The number of benzene rings is 1. The van der Waals surface area contributed by atoms with Gasteiger partial charge >= 0.3 is 0 Å². The first-order chi connectivity index (χ1) is 15.7. The van der Waals surface area contributed by atoms with Crippen LogP contribution in [0.3, 0.4) is 0 Å². The maximum absolute atomic E-state index is 13.4. The van der Waals surface area contributed by atoms with E-state index in [9.17, 15) is 9.59 Å². The van der Waals surface area contributed by atoms with E-state index in [1.54, 1.807) is 6.20 Å². The van der Waals surface area contributed by atoms with E-state index in [0.717, 1.165) is 46.9 Å². The van der Waals surface area contributed by atoms with Crippen molar-refractivity contribution in [2.75, 3.05) is 6.54 Å². The number of carbonyl (C=O) groups is 1. The van der Waals surface area contributed by atoms with E-state index >= 15 is 0 Å². The average Bonchev–Trinajstić information content (AvgIpc) is 3.56. The summed E-state index contributed by atoms with van der Waals surface area (Å²) in [5.41, 5.74) is 4.79. The molecule has 6 rings (SSSR count). The molecule has 1 saturated heterocycles. The minimum absolute atomic E-state index is 0.0108. The summed E-state index contributed by atoms with van der Waals surface area (Å²) in [5, 5.41) is 4.64. The van der Waals surface area contributed by atoms with E-state index in [-0.39, 0.29) is 17.5 Å². The van der Waals surface area contributed by atoms with E-state index in [4.69, 9.17) is 0 Å². The summed E-state index contributed by atoms with van der Waals surface area (Å²) >= 11 is 1.50. The Kier molecular flexibility index (Phi) is 4.39. The first-order valence-electron chi connectivity index (χ1n) is 10.5. The van der Waals surface area contributed by atoms with Crippen LogP contribution in [0, 0.1) is 0 Å². The Morgan fingerprint density at radius 1 is 1.12 bits per heavy atom. The number of aromatic amines is 2. The Hall–Kier alpha value is -3.78. The summed E-state index contributed by atoms with van der Waals surface area (Å²) in [5.74, 6) is 0.0108. The molecule has 5 heterocycles. The second-order valence-electron chi connectivity index (χ2n) is 8.01. The molecule has 1 atom stereocenters. The van der Waals surface area contributed by atoms with Gasteiger partial charge in [-0.15, -0.1) is 11.3 Å². The number of rotatable bonds is 3. The van der Waals surface area contributed by atoms with Crippen LogP contribution in [-0.4, -0.2) is 37.3 Å². The molecular formula is C24H19N5O2S. The summed E-state index contributed by atoms with van der Waals surface area (Å²) in [6, 6.07) is 11.5. The molecule has 0 aliphatic carbocycles. The number of aromatic nitrogens is 4. The third kappa shape index (κ3) is 3.11. The van der Waals surface area contributed by atoms with Gasteiger partial charge in [0.15, 0.2) is 5.69 Å². The van der Waals surface area contributed by atoms with Crippen LogP contribution in [0.25, 0.3) is 33.3 Å². The summed E-state index contributed by atoms with van der Waals surface area (Å²) < 4.78 is 0. The lowest BCUT2D eigenvalue weighted by atomic mass is 10.1. The van der Waals surface area contributed by atoms with Gasteiger partial charge in [0.25, 0.3) is 11.5 Å². The van der Waals surface area contributed by atoms with Gasteiger partial charge in [-0.05, 0) is 48.7 Å². The third-order valence-corrected chi connectivity index (χ3v) is 6.77. The van der Waals surface area contributed by atoms with Crippen LogP contribution in [0.4, 0.5) is 0 Å². The van der Waals surface area contributed by atoms with Crippen LogP contribution in [0.15, 0.2) is 64.3 Å². The number of amides is 1. The molecule has 1 aliphatic rings. The summed E-state index contributed by atoms with van der Waals surface area (Å²) in [6.07, 6.45) is 5.50. The Labute approximate surface area is 186 Å². The molecular weight excluding hydrogens is 422 g/mol. The van der Waals surface area contributed by atoms with E-state index in [1.807, 2.05) is 58.3 Å². The van der Waals surface area contributed by atoms with Gasteiger partial charge in [0.1, 0.15) is 0 Å². The fourth-order valence-electron chi connectivity index (χ4n) is 4.49. The van der Waals surface area contributed by atoms with Gasteiger partial charge in [0.05, 0.1) is 22.8 Å². The SMILES string of the molecule is O=C(c1ccc2[nH]c(-c3nc4cscc4[nH]c3=O)cc2c1)N1CCCC1c1cccnc1. The zero-order valence-corrected chi connectivity index (χ0v) is 17.9. The van der Waals surface area contributed by atoms with Crippen molar-refractivity contribution in [2.45, 2.75) is 18.9 Å². The predicted octanol–water partition coefficient (Wildman–Crippen LogP) is 4.51. The van der Waals surface area contributed by atoms with Crippen molar-refractivity contribution >= 4 is 39.2 Å². The highest BCUT2D eigenvalue weighted by atomic mass is 32.1. The Balaban J connectivity index is 1.35. The van der Waals surface area contributed by atoms with Crippen LogP contribution in [0.2, 0.25) is 0 Å². The number of fused-ring (bicyclic) bond motifs is 2. The standard InChI is InChI=1S/C24H19N5O2S/c30-23-22(27-19-12-32-13-20(19)28-23)18-10-16-9-14(5-6-17(16)26-18)24(31)29-8-2-4-21(29)15-3-1-7-25-11-15/h1,3,5-7,9-13,21,26H,2,4,8H2,(H,28,30). The third-order valence-electron chi connectivity index (χ3n) is 6.04. The molecule has 0 spiro atoms. The number of carbonyl (C=O) groups excluding carboxylic acids is 1.